The molecule has 0 aliphatic heterocycles. The van der Waals surface area contributed by atoms with Crippen LogP contribution in [0.4, 0.5) is 0 Å². The molecule has 1 nitrogen and oxygen atoms in total. The molecule has 21 heavy (non-hydrogen) atoms. The van der Waals surface area contributed by atoms with Crippen LogP contribution in [0, 0.1) is 11.3 Å². The third-order valence-electron chi connectivity index (χ3n) is 4.11. The van der Waals surface area contributed by atoms with E-state index in [-0.39, 0.29) is 0 Å². The molecule has 0 fully saturated rings. The van der Waals surface area contributed by atoms with Crippen LogP contribution >= 0.6 is 0 Å². The molecule has 0 saturated carbocycles. The van der Waals surface area contributed by atoms with E-state index in [9.17, 15) is 0 Å². The first-order chi connectivity index (χ1) is 9.95. The van der Waals surface area contributed by atoms with Crippen molar-refractivity contribution in [2.75, 3.05) is 13.2 Å². The number of rotatable bonds is 14. The fourth-order valence-corrected chi connectivity index (χ4v) is 3.05. The van der Waals surface area contributed by atoms with Gasteiger partial charge >= 0.3 is 0 Å². The van der Waals surface area contributed by atoms with Crippen LogP contribution in [-0.4, -0.2) is 13.2 Å². The van der Waals surface area contributed by atoms with Crippen LogP contribution in [0.2, 0.25) is 0 Å². The molecule has 0 aromatic rings. The minimum absolute atomic E-state index is 0.455. The molecule has 0 radical (unpaired) electrons. The summed E-state index contributed by atoms with van der Waals surface area (Å²) in [6.45, 7) is 13.5. The minimum Gasteiger partial charge on any atom is -0.381 e. The van der Waals surface area contributed by atoms with Crippen LogP contribution in [0.1, 0.15) is 105 Å². The highest BCUT2D eigenvalue weighted by atomic mass is 16.5. The Morgan fingerprint density at radius 3 is 1.81 bits per heavy atom. The van der Waals surface area contributed by atoms with Crippen molar-refractivity contribution in [2.45, 2.75) is 105 Å². The summed E-state index contributed by atoms with van der Waals surface area (Å²) in [5.41, 5.74) is 0.455. The molecule has 0 saturated heterocycles. The normalized spacial score (nSPS) is 13.6. The van der Waals surface area contributed by atoms with Crippen LogP contribution in [-0.2, 0) is 4.74 Å². The van der Waals surface area contributed by atoms with E-state index < -0.39 is 0 Å². The van der Waals surface area contributed by atoms with Crippen LogP contribution in [0.25, 0.3) is 0 Å². The lowest BCUT2D eigenvalue weighted by Gasteiger charge is -2.23. The van der Waals surface area contributed by atoms with E-state index >= 15 is 0 Å². The fourth-order valence-electron chi connectivity index (χ4n) is 3.05. The Bertz CT molecular complexity index is 204. The molecule has 0 aliphatic carbocycles. The van der Waals surface area contributed by atoms with Crippen molar-refractivity contribution in [1.29, 1.82) is 0 Å². The summed E-state index contributed by atoms with van der Waals surface area (Å²) >= 11 is 0. The molecule has 0 aromatic carbocycles. The molecule has 1 atom stereocenters. The van der Waals surface area contributed by atoms with Gasteiger partial charge in [0.2, 0.25) is 0 Å². The molecule has 0 aliphatic rings. The first-order valence-corrected chi connectivity index (χ1v) is 9.53. The SMILES string of the molecule is CCCCCCCCCCCOCCC(C)CC(C)(C)C. The molecular weight excluding hydrogens is 256 g/mol. The zero-order valence-electron chi connectivity index (χ0n) is 15.7. The summed E-state index contributed by atoms with van der Waals surface area (Å²) in [5, 5.41) is 0. The number of unbranched alkanes of at least 4 members (excludes halogenated alkanes) is 8. The van der Waals surface area contributed by atoms with Gasteiger partial charge in [0, 0.05) is 13.2 Å². The Morgan fingerprint density at radius 1 is 0.762 bits per heavy atom. The molecular formula is C20H42O. The van der Waals surface area contributed by atoms with Gasteiger partial charge in [-0.3, -0.25) is 0 Å². The van der Waals surface area contributed by atoms with Gasteiger partial charge in [-0.2, -0.15) is 0 Å². The average molecular weight is 299 g/mol. The summed E-state index contributed by atoms with van der Waals surface area (Å²) in [4.78, 5) is 0. The number of hydrogen-bond acceptors (Lipinski definition) is 1. The summed E-state index contributed by atoms with van der Waals surface area (Å²) in [6, 6.07) is 0. The summed E-state index contributed by atoms with van der Waals surface area (Å²) in [5.74, 6) is 0.785. The lowest BCUT2D eigenvalue weighted by atomic mass is 9.84. The molecule has 0 heterocycles. The zero-order chi connectivity index (χ0) is 16.0. The van der Waals surface area contributed by atoms with Gasteiger partial charge in [0.1, 0.15) is 0 Å². The lowest BCUT2D eigenvalue weighted by Crippen LogP contribution is -2.12. The molecule has 0 spiro atoms. The van der Waals surface area contributed by atoms with E-state index in [2.05, 4.69) is 34.6 Å². The van der Waals surface area contributed by atoms with E-state index in [1.54, 1.807) is 0 Å². The summed E-state index contributed by atoms with van der Waals surface area (Å²) in [6.07, 6.45) is 15.0. The van der Waals surface area contributed by atoms with E-state index in [0.29, 0.717) is 5.41 Å². The largest absolute Gasteiger partial charge is 0.381 e. The fraction of sp³-hybridized carbons (Fsp3) is 1.00. The maximum Gasteiger partial charge on any atom is 0.0468 e. The molecule has 1 unspecified atom stereocenters. The highest BCUT2D eigenvalue weighted by molar-refractivity contribution is 4.66. The number of hydrogen-bond donors (Lipinski definition) is 0. The van der Waals surface area contributed by atoms with E-state index in [0.717, 1.165) is 19.1 Å². The topological polar surface area (TPSA) is 9.23 Å². The molecule has 0 bridgehead atoms. The highest BCUT2D eigenvalue weighted by Gasteiger charge is 2.14. The van der Waals surface area contributed by atoms with Gasteiger partial charge in [-0.1, -0.05) is 86.0 Å². The molecule has 0 N–H and O–H groups in total. The Balaban J connectivity index is 3.15. The second-order valence-electron chi connectivity index (χ2n) is 8.10. The van der Waals surface area contributed by atoms with Crippen LogP contribution in [0.15, 0.2) is 0 Å². The zero-order valence-corrected chi connectivity index (χ0v) is 15.7. The first-order valence-electron chi connectivity index (χ1n) is 9.53. The van der Waals surface area contributed by atoms with Gasteiger partial charge in [-0.15, -0.1) is 0 Å². The van der Waals surface area contributed by atoms with Crippen LogP contribution in [0.5, 0.6) is 0 Å². The second-order valence-corrected chi connectivity index (χ2v) is 8.10. The van der Waals surface area contributed by atoms with Crippen molar-refractivity contribution in [3.05, 3.63) is 0 Å². The van der Waals surface area contributed by atoms with Gasteiger partial charge < -0.3 is 4.74 Å². The van der Waals surface area contributed by atoms with Gasteiger partial charge in [0.05, 0.1) is 0 Å². The maximum absolute atomic E-state index is 5.78. The Hall–Kier alpha value is -0.0400. The van der Waals surface area contributed by atoms with E-state index in [4.69, 9.17) is 4.74 Å². The van der Waals surface area contributed by atoms with Gasteiger partial charge in [-0.25, -0.2) is 0 Å². The predicted molar refractivity (Wildman–Crippen MR) is 95.9 cm³/mol. The first kappa shape index (κ1) is 21.0. The van der Waals surface area contributed by atoms with Crippen molar-refractivity contribution in [3.8, 4) is 0 Å². The second kappa shape index (κ2) is 13.6. The quantitative estimate of drug-likeness (QED) is 0.314. The van der Waals surface area contributed by atoms with Crippen molar-refractivity contribution < 1.29 is 4.74 Å². The Kier molecular flexibility index (Phi) is 13.6. The summed E-state index contributed by atoms with van der Waals surface area (Å²) < 4.78 is 5.78. The van der Waals surface area contributed by atoms with Crippen LogP contribution in [0.3, 0.4) is 0 Å². The number of ether oxygens (including phenoxy) is 1. The highest BCUT2D eigenvalue weighted by Crippen LogP contribution is 2.25. The maximum atomic E-state index is 5.78. The van der Waals surface area contributed by atoms with E-state index in [1.807, 2.05) is 0 Å². The standard InChI is InChI=1S/C20H42O/c1-6-7-8-9-10-11-12-13-14-16-21-17-15-19(2)18-20(3,4)5/h19H,6-18H2,1-5H3. The third kappa shape index (κ3) is 17.9. The molecule has 0 rings (SSSR count). The van der Waals surface area contributed by atoms with Crippen molar-refractivity contribution in [1.82, 2.24) is 0 Å². The monoisotopic (exact) mass is 298 g/mol. The molecule has 128 valence electrons. The third-order valence-corrected chi connectivity index (χ3v) is 4.11. The van der Waals surface area contributed by atoms with Crippen molar-refractivity contribution in [3.63, 3.8) is 0 Å². The predicted octanol–water partition coefficient (Wildman–Crippen LogP) is 7.00. The van der Waals surface area contributed by atoms with E-state index in [1.165, 1.54) is 70.6 Å². The molecule has 0 amide bonds. The molecule has 0 aromatic heterocycles. The Morgan fingerprint density at radius 2 is 1.29 bits per heavy atom. The van der Waals surface area contributed by atoms with Crippen molar-refractivity contribution >= 4 is 0 Å². The van der Waals surface area contributed by atoms with Gasteiger partial charge in [-0.05, 0) is 30.6 Å². The minimum atomic E-state index is 0.455. The van der Waals surface area contributed by atoms with Crippen LogP contribution < -0.4 is 0 Å². The Labute approximate surface area is 135 Å². The van der Waals surface area contributed by atoms with Crippen molar-refractivity contribution in [2.24, 2.45) is 11.3 Å². The lowest BCUT2D eigenvalue weighted by molar-refractivity contribution is 0.112. The van der Waals surface area contributed by atoms with Gasteiger partial charge in [0.25, 0.3) is 0 Å². The summed E-state index contributed by atoms with van der Waals surface area (Å²) in [7, 11) is 0. The smallest absolute Gasteiger partial charge is 0.0468 e. The average Bonchev–Trinajstić information content (AvgIpc) is 2.38. The molecule has 1 heteroatoms. The van der Waals surface area contributed by atoms with Gasteiger partial charge in [0.15, 0.2) is 0 Å².